The van der Waals surface area contributed by atoms with Crippen molar-refractivity contribution in [1.82, 2.24) is 19.8 Å². The van der Waals surface area contributed by atoms with E-state index in [2.05, 4.69) is 36.2 Å². The van der Waals surface area contributed by atoms with E-state index in [9.17, 15) is 13.2 Å². The minimum absolute atomic E-state index is 0.0249. The first-order valence-electron chi connectivity index (χ1n) is 10.3. The van der Waals surface area contributed by atoms with Crippen LogP contribution in [0.4, 0.5) is 0 Å². The molecule has 10 heteroatoms. The lowest BCUT2D eigenvalue weighted by molar-refractivity contribution is 0.0960. The Hall–Kier alpha value is -3.24. The standard InChI is InChI=1S/C23H28N4O5S/c1-23(2,3)16-9-7-15(8-10-16)21-25-20(32-26-21)14-27(5)33(29,30)17-11-12-19(31-6)18(13-17)22(28)24-4/h7-13H,14H2,1-6H3,(H,24,28). The number of sulfonamides is 1. The Labute approximate surface area is 193 Å². The first-order valence-corrected chi connectivity index (χ1v) is 11.7. The van der Waals surface area contributed by atoms with Gasteiger partial charge in [0.1, 0.15) is 5.75 Å². The lowest BCUT2D eigenvalue weighted by Crippen LogP contribution is -2.27. The van der Waals surface area contributed by atoms with E-state index in [1.54, 1.807) is 0 Å². The lowest BCUT2D eigenvalue weighted by atomic mass is 9.87. The SMILES string of the molecule is CNC(=O)c1cc(S(=O)(=O)N(C)Cc2nc(-c3ccc(C(C)(C)C)cc3)no2)ccc1OC. The van der Waals surface area contributed by atoms with Crippen LogP contribution in [0.2, 0.25) is 0 Å². The van der Waals surface area contributed by atoms with E-state index in [1.165, 1.54) is 45.0 Å². The Bertz CT molecular complexity index is 1240. The highest BCUT2D eigenvalue weighted by Gasteiger charge is 2.26. The first kappa shape index (κ1) is 24.4. The maximum atomic E-state index is 13.1. The summed E-state index contributed by atoms with van der Waals surface area (Å²) in [6, 6.07) is 11.9. The van der Waals surface area contributed by atoms with Gasteiger partial charge in [-0.3, -0.25) is 4.79 Å². The number of nitrogens with zero attached hydrogens (tertiary/aromatic N) is 3. The largest absolute Gasteiger partial charge is 0.496 e. The summed E-state index contributed by atoms with van der Waals surface area (Å²) in [6.07, 6.45) is 0. The Morgan fingerprint density at radius 3 is 2.39 bits per heavy atom. The zero-order chi connectivity index (χ0) is 24.4. The number of hydrogen-bond donors (Lipinski definition) is 1. The molecule has 1 N–H and O–H groups in total. The number of aromatic nitrogens is 2. The normalized spacial score (nSPS) is 12.1. The molecule has 1 heterocycles. The van der Waals surface area contributed by atoms with Crippen LogP contribution in [0.5, 0.6) is 5.75 Å². The molecule has 0 spiro atoms. The quantitative estimate of drug-likeness (QED) is 0.561. The molecule has 0 aliphatic heterocycles. The highest BCUT2D eigenvalue weighted by molar-refractivity contribution is 7.89. The molecular formula is C23H28N4O5S. The molecule has 0 fully saturated rings. The molecule has 0 aliphatic rings. The fourth-order valence-electron chi connectivity index (χ4n) is 3.17. The average molecular weight is 473 g/mol. The molecule has 0 atom stereocenters. The third-order valence-electron chi connectivity index (χ3n) is 5.19. The molecule has 1 amide bonds. The van der Waals surface area contributed by atoms with Gasteiger partial charge in [-0.15, -0.1) is 0 Å². The Morgan fingerprint density at radius 2 is 1.82 bits per heavy atom. The summed E-state index contributed by atoms with van der Waals surface area (Å²) in [5.41, 5.74) is 2.09. The summed E-state index contributed by atoms with van der Waals surface area (Å²) in [4.78, 5) is 16.4. The van der Waals surface area contributed by atoms with Gasteiger partial charge >= 0.3 is 0 Å². The van der Waals surface area contributed by atoms with E-state index in [0.29, 0.717) is 5.82 Å². The fraction of sp³-hybridized carbons (Fsp3) is 0.348. The van der Waals surface area contributed by atoms with Crippen molar-refractivity contribution in [3.05, 3.63) is 59.5 Å². The minimum Gasteiger partial charge on any atom is -0.496 e. The van der Waals surface area contributed by atoms with Crippen LogP contribution in [0, 0.1) is 0 Å². The summed E-state index contributed by atoms with van der Waals surface area (Å²) in [6.45, 7) is 6.26. The van der Waals surface area contributed by atoms with Crippen LogP contribution in [0.15, 0.2) is 51.9 Å². The van der Waals surface area contributed by atoms with Crippen LogP contribution >= 0.6 is 0 Å². The number of rotatable bonds is 7. The molecule has 3 aromatic rings. The van der Waals surface area contributed by atoms with Crippen LogP contribution in [-0.2, 0) is 22.0 Å². The zero-order valence-corrected chi connectivity index (χ0v) is 20.4. The van der Waals surface area contributed by atoms with Crippen LogP contribution in [0.25, 0.3) is 11.4 Å². The number of hydrogen-bond acceptors (Lipinski definition) is 7. The predicted molar refractivity (Wildman–Crippen MR) is 123 cm³/mol. The summed E-state index contributed by atoms with van der Waals surface area (Å²) >= 11 is 0. The number of carbonyl (C=O) groups excluding carboxylic acids is 1. The molecule has 1 aromatic heterocycles. The van der Waals surface area contributed by atoms with E-state index in [-0.39, 0.29) is 34.1 Å². The molecule has 3 rings (SSSR count). The van der Waals surface area contributed by atoms with E-state index >= 15 is 0 Å². The number of carbonyl (C=O) groups is 1. The summed E-state index contributed by atoms with van der Waals surface area (Å²) in [5, 5.41) is 6.45. The van der Waals surface area contributed by atoms with Crippen molar-refractivity contribution < 1.29 is 22.5 Å². The van der Waals surface area contributed by atoms with Crippen molar-refractivity contribution in [3.63, 3.8) is 0 Å². The highest BCUT2D eigenvalue weighted by atomic mass is 32.2. The number of ether oxygens (including phenoxy) is 1. The van der Waals surface area contributed by atoms with E-state index in [1.807, 2.05) is 24.3 Å². The van der Waals surface area contributed by atoms with Gasteiger partial charge in [0.25, 0.3) is 5.91 Å². The van der Waals surface area contributed by atoms with Crippen LogP contribution in [0.3, 0.4) is 0 Å². The second-order valence-electron chi connectivity index (χ2n) is 8.54. The molecule has 0 unspecified atom stereocenters. The van der Waals surface area contributed by atoms with Gasteiger partial charge in [0.2, 0.25) is 21.7 Å². The van der Waals surface area contributed by atoms with Gasteiger partial charge in [-0.25, -0.2) is 8.42 Å². The number of nitrogens with one attached hydrogen (secondary N) is 1. The van der Waals surface area contributed by atoms with E-state index in [0.717, 1.165) is 9.87 Å². The maximum absolute atomic E-state index is 13.1. The van der Waals surface area contributed by atoms with Crippen molar-refractivity contribution in [2.75, 3.05) is 21.2 Å². The van der Waals surface area contributed by atoms with Crippen LogP contribution in [-0.4, -0.2) is 50.0 Å². The molecular weight excluding hydrogens is 444 g/mol. The Kier molecular flexibility index (Phi) is 6.89. The molecule has 0 saturated carbocycles. The molecule has 0 saturated heterocycles. The molecule has 0 aliphatic carbocycles. The molecule has 0 radical (unpaired) electrons. The van der Waals surface area contributed by atoms with Gasteiger partial charge < -0.3 is 14.6 Å². The zero-order valence-electron chi connectivity index (χ0n) is 19.5. The molecule has 176 valence electrons. The maximum Gasteiger partial charge on any atom is 0.254 e. The lowest BCUT2D eigenvalue weighted by Gasteiger charge is -2.18. The van der Waals surface area contributed by atoms with Gasteiger partial charge in [-0.1, -0.05) is 50.2 Å². The fourth-order valence-corrected chi connectivity index (χ4v) is 4.32. The van der Waals surface area contributed by atoms with E-state index < -0.39 is 15.9 Å². The third-order valence-corrected chi connectivity index (χ3v) is 6.99. The van der Waals surface area contributed by atoms with Crippen molar-refractivity contribution in [3.8, 4) is 17.1 Å². The highest BCUT2D eigenvalue weighted by Crippen LogP contribution is 2.27. The summed E-state index contributed by atoms with van der Waals surface area (Å²) in [5.74, 6) is 0.346. The van der Waals surface area contributed by atoms with Gasteiger partial charge in [0.05, 0.1) is 24.1 Å². The van der Waals surface area contributed by atoms with Gasteiger partial charge in [-0.05, 0) is 29.2 Å². The van der Waals surface area contributed by atoms with Crippen molar-refractivity contribution in [1.29, 1.82) is 0 Å². The minimum atomic E-state index is -3.93. The number of amides is 1. The van der Waals surface area contributed by atoms with Crippen molar-refractivity contribution in [2.24, 2.45) is 0 Å². The van der Waals surface area contributed by atoms with Crippen LogP contribution < -0.4 is 10.1 Å². The van der Waals surface area contributed by atoms with Gasteiger partial charge in [0.15, 0.2) is 0 Å². The monoisotopic (exact) mass is 472 g/mol. The second kappa shape index (κ2) is 9.32. The summed E-state index contributed by atoms with van der Waals surface area (Å²) in [7, 11) is 0.336. The van der Waals surface area contributed by atoms with Crippen molar-refractivity contribution in [2.45, 2.75) is 37.6 Å². The molecule has 0 bridgehead atoms. The molecule has 9 nitrogen and oxygen atoms in total. The average Bonchev–Trinajstić information content (AvgIpc) is 3.26. The molecule has 2 aromatic carbocycles. The van der Waals surface area contributed by atoms with Crippen molar-refractivity contribution >= 4 is 15.9 Å². The molecule has 33 heavy (non-hydrogen) atoms. The number of benzene rings is 2. The number of methoxy groups -OCH3 is 1. The third kappa shape index (κ3) is 5.23. The Balaban J connectivity index is 1.81. The first-order chi connectivity index (χ1) is 15.5. The predicted octanol–water partition coefficient (Wildman–Crippen LogP) is 3.22. The van der Waals surface area contributed by atoms with Gasteiger partial charge in [-0.2, -0.15) is 9.29 Å². The van der Waals surface area contributed by atoms with Gasteiger partial charge in [0, 0.05) is 19.7 Å². The smallest absolute Gasteiger partial charge is 0.254 e. The Morgan fingerprint density at radius 1 is 1.15 bits per heavy atom. The topological polar surface area (TPSA) is 115 Å². The summed E-state index contributed by atoms with van der Waals surface area (Å²) < 4.78 is 37.7. The van der Waals surface area contributed by atoms with Crippen LogP contribution in [0.1, 0.15) is 42.6 Å². The van der Waals surface area contributed by atoms with E-state index in [4.69, 9.17) is 9.26 Å². The second-order valence-corrected chi connectivity index (χ2v) is 10.6.